The molecule has 11 heteroatoms. The summed E-state index contributed by atoms with van der Waals surface area (Å²) in [5.74, 6) is -1.42. The molecule has 0 radical (unpaired) electrons. The van der Waals surface area contributed by atoms with Gasteiger partial charge in [-0.05, 0) is 55.5 Å². The van der Waals surface area contributed by atoms with Crippen molar-refractivity contribution in [2.45, 2.75) is 12.6 Å². The molecule has 2 aliphatic rings. The molecule has 248 valence electrons. The molecule has 0 amide bonds. The molecular formula is C38H34N4O7. The van der Waals surface area contributed by atoms with E-state index in [9.17, 15) is 14.4 Å². The molecule has 49 heavy (non-hydrogen) atoms. The van der Waals surface area contributed by atoms with Crippen molar-refractivity contribution < 1.29 is 33.3 Å². The van der Waals surface area contributed by atoms with Crippen LogP contribution < -0.4 is 19.5 Å². The summed E-state index contributed by atoms with van der Waals surface area (Å²) in [6.45, 7) is 1.58. The van der Waals surface area contributed by atoms with E-state index in [-0.39, 0.29) is 22.5 Å². The van der Waals surface area contributed by atoms with Gasteiger partial charge < -0.3 is 23.8 Å². The van der Waals surface area contributed by atoms with E-state index < -0.39 is 23.6 Å². The highest BCUT2D eigenvalue weighted by Gasteiger charge is 2.67. The minimum absolute atomic E-state index is 0.0880. The van der Waals surface area contributed by atoms with Gasteiger partial charge in [0.1, 0.15) is 17.0 Å². The van der Waals surface area contributed by atoms with E-state index in [2.05, 4.69) is 0 Å². The van der Waals surface area contributed by atoms with Crippen molar-refractivity contribution in [1.82, 2.24) is 0 Å². The molecule has 1 atom stereocenters. The van der Waals surface area contributed by atoms with Gasteiger partial charge in [0.2, 0.25) is 5.66 Å². The first kappa shape index (κ1) is 32.6. The van der Waals surface area contributed by atoms with E-state index in [0.717, 1.165) is 0 Å². The van der Waals surface area contributed by atoms with Crippen LogP contribution in [0.15, 0.2) is 143 Å². The summed E-state index contributed by atoms with van der Waals surface area (Å²) in [6.07, 6.45) is 0. The van der Waals surface area contributed by atoms with Crippen LogP contribution in [0.25, 0.3) is 0 Å². The van der Waals surface area contributed by atoms with Crippen LogP contribution in [0.5, 0.6) is 5.75 Å². The topological polar surface area (TPSA) is 110 Å². The second kappa shape index (κ2) is 13.4. The van der Waals surface area contributed by atoms with Crippen molar-refractivity contribution in [3.63, 3.8) is 0 Å². The zero-order chi connectivity index (χ0) is 34.7. The standard InChI is InChI=1S/C38H34N4O7/c1-25(35(43)47-3)33-38(31(36(44)48-4)32(37(45)49-5)40(33)27-21-23-30(46-2)24-22-27)41(28-17-11-7-12-18-28)34(26-15-9-6-10-16-26)39-42(38)29-19-13-8-14-20-29/h6-24H,1-5H3/b33-25+. The van der Waals surface area contributed by atoms with Crippen molar-refractivity contribution in [3.05, 3.63) is 143 Å². The quantitative estimate of drug-likeness (QED) is 0.134. The van der Waals surface area contributed by atoms with Crippen molar-refractivity contribution in [2.24, 2.45) is 5.10 Å². The largest absolute Gasteiger partial charge is 0.497 e. The van der Waals surface area contributed by atoms with E-state index in [4.69, 9.17) is 24.0 Å². The van der Waals surface area contributed by atoms with Crippen molar-refractivity contribution >= 4 is 40.8 Å². The maximum Gasteiger partial charge on any atom is 0.355 e. The van der Waals surface area contributed by atoms with Gasteiger partial charge in [-0.1, -0.05) is 66.7 Å². The summed E-state index contributed by atoms with van der Waals surface area (Å²) < 4.78 is 21.6. The third kappa shape index (κ3) is 5.25. The molecule has 0 bridgehead atoms. The number of carbonyl (C=O) groups is 3. The minimum atomic E-state index is -1.87. The molecule has 0 saturated carbocycles. The summed E-state index contributed by atoms with van der Waals surface area (Å²) in [7, 11) is 5.27. The number of hydrogen-bond acceptors (Lipinski definition) is 11. The zero-order valence-corrected chi connectivity index (χ0v) is 27.6. The van der Waals surface area contributed by atoms with Crippen LogP contribution in [0.1, 0.15) is 12.5 Å². The maximum absolute atomic E-state index is 14.5. The van der Waals surface area contributed by atoms with Gasteiger partial charge in [0.25, 0.3) is 0 Å². The summed E-state index contributed by atoms with van der Waals surface area (Å²) in [5, 5.41) is 6.87. The summed E-state index contributed by atoms with van der Waals surface area (Å²) in [6, 6.07) is 34.8. The molecule has 0 aliphatic carbocycles. The zero-order valence-electron chi connectivity index (χ0n) is 27.6. The highest BCUT2D eigenvalue weighted by atomic mass is 16.5. The predicted octanol–water partition coefficient (Wildman–Crippen LogP) is 5.65. The number of nitrogens with zero attached hydrogens (tertiary/aromatic N) is 4. The summed E-state index contributed by atoms with van der Waals surface area (Å²) >= 11 is 0. The first-order valence-corrected chi connectivity index (χ1v) is 15.3. The average molecular weight is 659 g/mol. The molecule has 2 heterocycles. The lowest BCUT2D eigenvalue weighted by atomic mass is 9.90. The Labute approximate surface area is 283 Å². The van der Waals surface area contributed by atoms with Crippen molar-refractivity contribution in [3.8, 4) is 5.75 Å². The van der Waals surface area contributed by atoms with Crippen molar-refractivity contribution in [2.75, 3.05) is 43.2 Å². The maximum atomic E-state index is 14.5. The number of para-hydroxylation sites is 2. The fourth-order valence-electron chi connectivity index (χ4n) is 6.32. The average Bonchev–Trinajstić information content (AvgIpc) is 3.68. The number of carbonyl (C=O) groups excluding carboxylic acids is 3. The summed E-state index contributed by atoms with van der Waals surface area (Å²) in [4.78, 5) is 45.9. The number of esters is 3. The van der Waals surface area contributed by atoms with Gasteiger partial charge in [0, 0.05) is 16.9 Å². The van der Waals surface area contributed by atoms with Gasteiger partial charge in [-0.15, -0.1) is 0 Å². The number of hydrazone groups is 1. The minimum Gasteiger partial charge on any atom is -0.497 e. The lowest BCUT2D eigenvalue weighted by molar-refractivity contribution is -0.139. The number of methoxy groups -OCH3 is 4. The van der Waals surface area contributed by atoms with E-state index >= 15 is 0 Å². The molecule has 1 unspecified atom stereocenters. The molecule has 2 aliphatic heterocycles. The van der Waals surface area contributed by atoms with Gasteiger partial charge in [0.05, 0.1) is 45.4 Å². The van der Waals surface area contributed by atoms with E-state index in [1.165, 1.54) is 28.4 Å². The Kier molecular flexibility index (Phi) is 8.91. The normalized spacial score (nSPS) is 18.0. The van der Waals surface area contributed by atoms with Crippen molar-refractivity contribution in [1.29, 1.82) is 0 Å². The Bertz CT molecular complexity index is 1980. The van der Waals surface area contributed by atoms with Crippen LogP contribution in [-0.4, -0.2) is 57.8 Å². The molecule has 4 aromatic rings. The monoisotopic (exact) mass is 658 g/mol. The Balaban J connectivity index is 1.87. The highest BCUT2D eigenvalue weighted by molar-refractivity contribution is 6.20. The number of hydrogen-bond donors (Lipinski definition) is 0. The van der Waals surface area contributed by atoms with Gasteiger partial charge in [0.15, 0.2) is 5.84 Å². The van der Waals surface area contributed by atoms with Crippen LogP contribution in [0.2, 0.25) is 0 Å². The lowest BCUT2D eigenvalue weighted by Crippen LogP contribution is -2.61. The van der Waals surface area contributed by atoms with Crippen LogP contribution in [0.3, 0.4) is 0 Å². The van der Waals surface area contributed by atoms with Gasteiger partial charge >= 0.3 is 17.9 Å². The van der Waals surface area contributed by atoms with E-state index in [1.54, 1.807) is 41.1 Å². The predicted molar refractivity (Wildman–Crippen MR) is 185 cm³/mol. The SMILES string of the molecule is COC(=O)C1=C(C(=O)OC)C2(/C(=C(/C)C(=O)OC)N1c1ccc(OC)cc1)N(c1ccccc1)N=C(c1ccccc1)N2c1ccccc1. The molecule has 0 fully saturated rings. The molecule has 11 nitrogen and oxygen atoms in total. The fourth-order valence-corrected chi connectivity index (χ4v) is 6.32. The van der Waals surface area contributed by atoms with Crippen LogP contribution >= 0.6 is 0 Å². The van der Waals surface area contributed by atoms with Crippen LogP contribution in [-0.2, 0) is 28.6 Å². The molecule has 0 aromatic heterocycles. The van der Waals surface area contributed by atoms with Gasteiger partial charge in [-0.25, -0.2) is 19.4 Å². The lowest BCUT2D eigenvalue weighted by Gasteiger charge is -2.44. The number of amidine groups is 1. The highest BCUT2D eigenvalue weighted by Crippen LogP contribution is 2.56. The molecule has 6 rings (SSSR count). The number of ether oxygens (including phenoxy) is 4. The smallest absolute Gasteiger partial charge is 0.355 e. The Morgan fingerprint density at radius 2 is 1.18 bits per heavy atom. The first-order valence-electron chi connectivity index (χ1n) is 15.3. The molecule has 0 saturated heterocycles. The van der Waals surface area contributed by atoms with E-state index in [1.807, 2.05) is 95.9 Å². The van der Waals surface area contributed by atoms with Crippen LogP contribution in [0, 0.1) is 0 Å². The van der Waals surface area contributed by atoms with E-state index in [0.29, 0.717) is 34.2 Å². The number of anilines is 3. The Hall–Kier alpha value is -6.36. The van der Waals surface area contributed by atoms with Gasteiger partial charge in [-0.2, -0.15) is 5.10 Å². The molecule has 1 spiro atoms. The van der Waals surface area contributed by atoms with Gasteiger partial charge in [-0.3, -0.25) is 4.90 Å². The molecular weight excluding hydrogens is 624 g/mol. The third-order valence-electron chi connectivity index (χ3n) is 8.39. The second-order valence-corrected chi connectivity index (χ2v) is 11.0. The number of rotatable bonds is 8. The number of benzene rings is 4. The third-order valence-corrected chi connectivity index (χ3v) is 8.39. The fraction of sp³-hybridized carbons (Fsp3) is 0.158. The summed E-state index contributed by atoms with van der Waals surface area (Å²) in [5.41, 5.74) is 0.355. The Morgan fingerprint density at radius 3 is 1.71 bits per heavy atom. The van der Waals surface area contributed by atoms with Crippen LogP contribution in [0.4, 0.5) is 17.1 Å². The second-order valence-electron chi connectivity index (χ2n) is 11.0. The molecule has 0 N–H and O–H groups in total. The Morgan fingerprint density at radius 1 is 0.633 bits per heavy atom. The molecule has 4 aromatic carbocycles. The first-order chi connectivity index (χ1) is 23.8.